The minimum atomic E-state index is -0.152. The molecule has 0 aliphatic heterocycles. The first-order valence-corrected chi connectivity index (χ1v) is 6.90. The minimum absolute atomic E-state index is 0.0306. The van der Waals surface area contributed by atoms with Crippen LogP contribution in [0.4, 0.5) is 5.69 Å². The van der Waals surface area contributed by atoms with Crippen LogP contribution >= 0.6 is 0 Å². The smallest absolute Gasteiger partial charge is 0.251 e. The predicted molar refractivity (Wildman–Crippen MR) is 79.7 cm³/mol. The van der Waals surface area contributed by atoms with Crippen molar-refractivity contribution in [3.8, 4) is 0 Å². The summed E-state index contributed by atoms with van der Waals surface area (Å²) in [5.74, 6) is -0.0873. The van der Waals surface area contributed by atoms with Gasteiger partial charge in [-0.05, 0) is 43.9 Å². The van der Waals surface area contributed by atoms with Crippen LogP contribution in [0.3, 0.4) is 0 Å². The van der Waals surface area contributed by atoms with Gasteiger partial charge >= 0.3 is 0 Å². The van der Waals surface area contributed by atoms with E-state index in [1.165, 1.54) is 0 Å². The fraction of sp³-hybridized carbons (Fsp3) is 0.375. The summed E-state index contributed by atoms with van der Waals surface area (Å²) in [5.41, 5.74) is 2.22. The van der Waals surface area contributed by atoms with Crippen molar-refractivity contribution >= 4 is 17.5 Å². The van der Waals surface area contributed by atoms with Crippen LogP contribution in [0, 0.1) is 12.8 Å². The Morgan fingerprint density at radius 2 is 2.05 bits per heavy atom. The van der Waals surface area contributed by atoms with Crippen molar-refractivity contribution in [1.29, 1.82) is 0 Å². The van der Waals surface area contributed by atoms with Crippen molar-refractivity contribution < 1.29 is 9.59 Å². The molecule has 0 saturated carbocycles. The van der Waals surface area contributed by atoms with Crippen molar-refractivity contribution in [3.63, 3.8) is 0 Å². The van der Waals surface area contributed by atoms with Crippen LogP contribution in [0.1, 0.15) is 35.2 Å². The van der Waals surface area contributed by atoms with Gasteiger partial charge in [0.2, 0.25) is 5.91 Å². The standard InChI is InChI=1S/C16H20N2O2/c1-11-8-9-13(15(19)17-2)10-14(11)18-16(20)12-6-4-3-5-7-12/h3-4,8-10,12H,5-7H2,1-2H3,(H,17,19)(H,18,20). The maximum absolute atomic E-state index is 12.2. The van der Waals surface area contributed by atoms with Crippen LogP contribution < -0.4 is 10.6 Å². The molecule has 20 heavy (non-hydrogen) atoms. The molecule has 0 spiro atoms. The summed E-state index contributed by atoms with van der Waals surface area (Å²) < 4.78 is 0. The number of aryl methyl sites for hydroxylation is 1. The zero-order chi connectivity index (χ0) is 14.5. The molecular formula is C16H20N2O2. The van der Waals surface area contributed by atoms with Gasteiger partial charge < -0.3 is 10.6 Å². The number of anilines is 1. The molecule has 0 heterocycles. The van der Waals surface area contributed by atoms with Gasteiger partial charge in [-0.25, -0.2) is 0 Å². The molecule has 1 aromatic rings. The number of allylic oxidation sites excluding steroid dienone is 2. The van der Waals surface area contributed by atoms with Crippen LogP contribution in [-0.4, -0.2) is 18.9 Å². The highest BCUT2D eigenvalue weighted by Gasteiger charge is 2.19. The van der Waals surface area contributed by atoms with E-state index < -0.39 is 0 Å². The first-order valence-electron chi connectivity index (χ1n) is 6.90. The van der Waals surface area contributed by atoms with Gasteiger partial charge in [0.25, 0.3) is 5.91 Å². The molecule has 4 heteroatoms. The normalized spacial score (nSPS) is 17.6. The van der Waals surface area contributed by atoms with Gasteiger partial charge in [-0.1, -0.05) is 18.2 Å². The predicted octanol–water partition coefficient (Wildman–Crippen LogP) is 2.65. The fourth-order valence-corrected chi connectivity index (χ4v) is 2.31. The van der Waals surface area contributed by atoms with Crippen LogP contribution in [-0.2, 0) is 4.79 Å². The van der Waals surface area contributed by atoms with E-state index in [1.54, 1.807) is 19.2 Å². The van der Waals surface area contributed by atoms with E-state index >= 15 is 0 Å². The lowest BCUT2D eigenvalue weighted by molar-refractivity contribution is -0.120. The van der Waals surface area contributed by atoms with Gasteiger partial charge in [-0.15, -0.1) is 0 Å². The van der Waals surface area contributed by atoms with Crippen molar-refractivity contribution in [3.05, 3.63) is 41.5 Å². The van der Waals surface area contributed by atoms with Crippen LogP contribution in [0.2, 0.25) is 0 Å². The molecule has 0 radical (unpaired) electrons. The molecule has 1 unspecified atom stereocenters. The molecular weight excluding hydrogens is 252 g/mol. The molecule has 2 rings (SSSR count). The number of hydrogen-bond acceptors (Lipinski definition) is 2. The third-order valence-corrected chi connectivity index (χ3v) is 3.62. The zero-order valence-corrected chi connectivity index (χ0v) is 11.9. The topological polar surface area (TPSA) is 58.2 Å². The van der Waals surface area contributed by atoms with Crippen molar-refractivity contribution in [2.75, 3.05) is 12.4 Å². The average Bonchev–Trinajstić information content (AvgIpc) is 2.49. The van der Waals surface area contributed by atoms with E-state index in [9.17, 15) is 9.59 Å². The molecule has 0 bridgehead atoms. The molecule has 2 amide bonds. The summed E-state index contributed by atoms with van der Waals surface area (Å²) in [6, 6.07) is 5.33. The van der Waals surface area contributed by atoms with E-state index in [1.807, 2.05) is 13.0 Å². The monoisotopic (exact) mass is 272 g/mol. The summed E-state index contributed by atoms with van der Waals surface area (Å²) in [6.07, 6.45) is 6.80. The third kappa shape index (κ3) is 3.26. The van der Waals surface area contributed by atoms with E-state index in [2.05, 4.69) is 22.8 Å². The maximum atomic E-state index is 12.2. The first kappa shape index (κ1) is 14.3. The number of carbonyl (C=O) groups excluding carboxylic acids is 2. The summed E-state index contributed by atoms with van der Waals surface area (Å²) >= 11 is 0. The number of benzene rings is 1. The molecule has 106 valence electrons. The Bertz CT molecular complexity index is 549. The SMILES string of the molecule is CNC(=O)c1ccc(C)c(NC(=O)C2CC=CCC2)c1. The zero-order valence-electron chi connectivity index (χ0n) is 11.9. The van der Waals surface area contributed by atoms with Gasteiger partial charge in [0.15, 0.2) is 0 Å². The van der Waals surface area contributed by atoms with Gasteiger partial charge in [0.1, 0.15) is 0 Å². The lowest BCUT2D eigenvalue weighted by atomic mass is 9.93. The number of hydrogen-bond donors (Lipinski definition) is 2. The maximum Gasteiger partial charge on any atom is 0.251 e. The molecule has 1 aliphatic carbocycles. The van der Waals surface area contributed by atoms with Crippen molar-refractivity contribution in [1.82, 2.24) is 5.32 Å². The number of rotatable bonds is 3. The Morgan fingerprint density at radius 3 is 2.70 bits per heavy atom. The van der Waals surface area contributed by atoms with Crippen molar-refractivity contribution in [2.45, 2.75) is 26.2 Å². The van der Waals surface area contributed by atoms with Gasteiger partial charge in [-0.2, -0.15) is 0 Å². The Hall–Kier alpha value is -2.10. The minimum Gasteiger partial charge on any atom is -0.355 e. The fourth-order valence-electron chi connectivity index (χ4n) is 2.31. The van der Waals surface area contributed by atoms with Crippen LogP contribution in [0.15, 0.2) is 30.4 Å². The largest absolute Gasteiger partial charge is 0.355 e. The quantitative estimate of drug-likeness (QED) is 0.831. The Balaban J connectivity index is 2.13. The molecule has 0 fully saturated rings. The number of amides is 2. The molecule has 1 atom stereocenters. The van der Waals surface area contributed by atoms with E-state index in [0.717, 1.165) is 24.8 Å². The lowest BCUT2D eigenvalue weighted by Gasteiger charge is -2.18. The summed E-state index contributed by atoms with van der Waals surface area (Å²) in [7, 11) is 1.59. The van der Waals surface area contributed by atoms with Crippen LogP contribution in [0.25, 0.3) is 0 Å². The summed E-state index contributed by atoms with van der Waals surface area (Å²) in [6.45, 7) is 1.92. The second-order valence-corrected chi connectivity index (χ2v) is 5.08. The lowest BCUT2D eigenvalue weighted by Crippen LogP contribution is -2.24. The Kier molecular flexibility index (Phi) is 4.56. The van der Waals surface area contributed by atoms with Gasteiger partial charge in [0, 0.05) is 24.2 Å². The number of nitrogens with one attached hydrogen (secondary N) is 2. The third-order valence-electron chi connectivity index (χ3n) is 3.62. The first-order chi connectivity index (χ1) is 9.61. The molecule has 1 aliphatic rings. The second-order valence-electron chi connectivity index (χ2n) is 5.08. The Labute approximate surface area is 119 Å². The van der Waals surface area contributed by atoms with E-state index in [0.29, 0.717) is 11.3 Å². The van der Waals surface area contributed by atoms with Crippen LogP contribution in [0.5, 0.6) is 0 Å². The molecule has 0 aromatic heterocycles. The van der Waals surface area contributed by atoms with Gasteiger partial charge in [-0.3, -0.25) is 9.59 Å². The number of carbonyl (C=O) groups is 2. The van der Waals surface area contributed by atoms with Gasteiger partial charge in [0.05, 0.1) is 0 Å². The highest BCUT2D eigenvalue weighted by atomic mass is 16.2. The van der Waals surface area contributed by atoms with E-state index in [-0.39, 0.29) is 17.7 Å². The highest BCUT2D eigenvalue weighted by molar-refractivity contribution is 5.98. The van der Waals surface area contributed by atoms with Crippen molar-refractivity contribution in [2.24, 2.45) is 5.92 Å². The second kappa shape index (κ2) is 6.37. The summed E-state index contributed by atoms with van der Waals surface area (Å²) in [4.78, 5) is 23.9. The summed E-state index contributed by atoms with van der Waals surface area (Å²) in [5, 5.41) is 5.53. The van der Waals surface area contributed by atoms with E-state index in [4.69, 9.17) is 0 Å². The average molecular weight is 272 g/mol. The molecule has 2 N–H and O–H groups in total. The molecule has 1 aromatic carbocycles. The highest BCUT2D eigenvalue weighted by Crippen LogP contribution is 2.22. The molecule has 4 nitrogen and oxygen atoms in total. The Morgan fingerprint density at radius 1 is 1.25 bits per heavy atom. The molecule has 0 saturated heterocycles.